The predicted molar refractivity (Wildman–Crippen MR) is 124 cm³/mol. The van der Waals surface area contributed by atoms with Gasteiger partial charge in [-0.25, -0.2) is 19.4 Å². The van der Waals surface area contributed by atoms with Crippen molar-refractivity contribution >= 4 is 17.6 Å². The Kier molecular flexibility index (Phi) is 8.69. The molecule has 0 fully saturated rings. The Labute approximate surface area is 200 Å². The summed E-state index contributed by atoms with van der Waals surface area (Å²) in [7, 11) is 4.04. The van der Waals surface area contributed by atoms with Crippen molar-refractivity contribution in [2.75, 3.05) is 19.4 Å². The number of carboxylic acids is 1. The molecule has 2 N–H and O–H groups in total. The number of rotatable bonds is 5. The molecule has 0 saturated carbocycles. The molecule has 12 heteroatoms. The first-order valence-corrected chi connectivity index (χ1v) is 10.4. The molecule has 9 nitrogen and oxygen atoms in total. The Hall–Kier alpha value is -3.80. The minimum atomic E-state index is -5.08. The second-order valence-electron chi connectivity index (χ2n) is 8.24. The minimum Gasteiger partial charge on any atom is -0.475 e. The first kappa shape index (κ1) is 27.4. The molecule has 3 aromatic rings. The summed E-state index contributed by atoms with van der Waals surface area (Å²) in [5, 5.41) is 14.5. The average molecular weight is 493 g/mol. The largest absolute Gasteiger partial charge is 0.490 e. The predicted octanol–water partition coefficient (Wildman–Crippen LogP) is 3.84. The van der Waals surface area contributed by atoms with Gasteiger partial charge in [-0.1, -0.05) is 6.07 Å². The van der Waals surface area contributed by atoms with E-state index in [0.717, 1.165) is 40.4 Å². The Morgan fingerprint density at radius 2 is 1.57 bits per heavy atom. The normalized spacial score (nSPS) is 11.1. The summed E-state index contributed by atoms with van der Waals surface area (Å²) in [5.41, 5.74) is 5.85. The summed E-state index contributed by atoms with van der Waals surface area (Å²) in [6.07, 6.45) is -5.08. The van der Waals surface area contributed by atoms with Gasteiger partial charge in [0.1, 0.15) is 0 Å². The molecule has 3 rings (SSSR count). The number of nitrogens with one attached hydrogen (secondary N) is 1. The number of nitrogens with zero attached hydrogens (tertiary/aromatic N) is 5. The van der Waals surface area contributed by atoms with Crippen molar-refractivity contribution in [2.45, 2.75) is 40.4 Å². The minimum absolute atomic E-state index is 0.257. The van der Waals surface area contributed by atoms with E-state index in [2.05, 4.69) is 31.3 Å². The summed E-state index contributed by atoms with van der Waals surface area (Å²) < 4.78 is 33.3. The van der Waals surface area contributed by atoms with Gasteiger partial charge in [-0.3, -0.25) is 4.79 Å². The molecular weight excluding hydrogens is 465 g/mol. The van der Waals surface area contributed by atoms with Gasteiger partial charge in [0.05, 0.1) is 0 Å². The van der Waals surface area contributed by atoms with Crippen molar-refractivity contribution in [2.24, 2.45) is 0 Å². The molecule has 0 spiro atoms. The van der Waals surface area contributed by atoms with E-state index in [0.29, 0.717) is 11.6 Å². The number of carboxylic acid groups (broad SMARTS) is 1. The van der Waals surface area contributed by atoms with Gasteiger partial charge in [-0.05, 0) is 77.2 Å². The third kappa shape index (κ3) is 8.18. The van der Waals surface area contributed by atoms with Crippen LogP contribution in [-0.4, -0.2) is 61.9 Å². The van der Waals surface area contributed by atoms with E-state index < -0.39 is 12.1 Å². The quantitative estimate of drug-likeness (QED) is 0.556. The first-order valence-electron chi connectivity index (χ1n) is 10.4. The number of hydrogen-bond acceptors (Lipinski definition) is 6. The fourth-order valence-electron chi connectivity index (χ4n) is 3.18. The number of aromatic nitrogens is 4. The number of benzene rings is 1. The number of amides is 1. The summed E-state index contributed by atoms with van der Waals surface area (Å²) in [5.74, 6) is -2.54. The van der Waals surface area contributed by atoms with E-state index >= 15 is 0 Å². The summed E-state index contributed by atoms with van der Waals surface area (Å²) in [6, 6.07) is 9.70. The van der Waals surface area contributed by atoms with Gasteiger partial charge in [0, 0.05) is 29.3 Å². The van der Waals surface area contributed by atoms with Crippen LogP contribution in [0.25, 0.3) is 5.95 Å². The van der Waals surface area contributed by atoms with Gasteiger partial charge in [-0.2, -0.15) is 18.3 Å². The molecule has 35 heavy (non-hydrogen) atoms. The molecule has 0 atom stereocenters. The van der Waals surface area contributed by atoms with Crippen molar-refractivity contribution in [3.8, 4) is 5.95 Å². The molecule has 0 unspecified atom stereocenters. The lowest BCUT2D eigenvalue weighted by atomic mass is 10.1. The molecule has 2 heterocycles. The van der Waals surface area contributed by atoms with Crippen LogP contribution in [-0.2, 0) is 11.3 Å². The maximum atomic E-state index is 12.8. The lowest BCUT2D eigenvalue weighted by Crippen LogP contribution is -2.21. The molecule has 0 aliphatic heterocycles. The van der Waals surface area contributed by atoms with E-state index in [9.17, 15) is 18.0 Å². The van der Waals surface area contributed by atoms with Crippen LogP contribution in [0.1, 0.15) is 38.7 Å². The average Bonchev–Trinajstić information content (AvgIpc) is 3.08. The molecular formula is C23H27F3N6O3. The van der Waals surface area contributed by atoms with Crippen LogP contribution in [0.3, 0.4) is 0 Å². The van der Waals surface area contributed by atoms with E-state index in [1.165, 1.54) is 0 Å². The lowest BCUT2D eigenvalue weighted by Gasteiger charge is -2.12. The van der Waals surface area contributed by atoms with E-state index in [4.69, 9.17) is 9.90 Å². The number of anilines is 1. The molecule has 0 saturated heterocycles. The highest BCUT2D eigenvalue weighted by Crippen LogP contribution is 2.18. The number of hydrogen-bond donors (Lipinski definition) is 2. The fourth-order valence-corrected chi connectivity index (χ4v) is 3.18. The van der Waals surface area contributed by atoms with Crippen molar-refractivity contribution in [3.63, 3.8) is 0 Å². The van der Waals surface area contributed by atoms with E-state index in [-0.39, 0.29) is 5.91 Å². The standard InChI is InChI=1S/C21H26N6O.C2HF3O2/c1-13-7-17(12-26(5)6)11-18(8-13)24-20(28)19-10-16(4)27(25-19)21-22-14(2)9-15(3)23-21;3-2(4,5)1(6)7/h7-11H,12H2,1-6H3,(H,24,28);(H,6,7). The highest BCUT2D eigenvalue weighted by Gasteiger charge is 2.38. The summed E-state index contributed by atoms with van der Waals surface area (Å²) in [4.78, 5) is 32.6. The smallest absolute Gasteiger partial charge is 0.475 e. The molecule has 0 radical (unpaired) electrons. The molecule has 1 aromatic carbocycles. The number of aliphatic carboxylic acids is 1. The van der Waals surface area contributed by atoms with Crippen LogP contribution < -0.4 is 5.32 Å². The van der Waals surface area contributed by atoms with Crippen LogP contribution in [0.5, 0.6) is 0 Å². The highest BCUT2D eigenvalue weighted by molar-refractivity contribution is 6.03. The molecule has 188 valence electrons. The summed E-state index contributed by atoms with van der Waals surface area (Å²) in [6.45, 7) is 8.53. The van der Waals surface area contributed by atoms with Crippen LogP contribution in [0.4, 0.5) is 18.9 Å². The number of carbonyl (C=O) groups excluding carboxylic acids is 1. The zero-order valence-electron chi connectivity index (χ0n) is 20.2. The maximum absolute atomic E-state index is 12.8. The van der Waals surface area contributed by atoms with Gasteiger partial charge >= 0.3 is 12.1 Å². The molecule has 1 amide bonds. The van der Waals surface area contributed by atoms with Gasteiger partial charge in [0.15, 0.2) is 5.69 Å². The van der Waals surface area contributed by atoms with Gasteiger partial charge in [-0.15, -0.1) is 0 Å². The van der Waals surface area contributed by atoms with E-state index in [1.54, 1.807) is 10.7 Å². The Morgan fingerprint density at radius 3 is 2.09 bits per heavy atom. The SMILES string of the molecule is Cc1cc(CN(C)C)cc(NC(=O)c2cc(C)n(-c3nc(C)cc(C)n3)n2)c1.O=C(O)C(F)(F)F. The maximum Gasteiger partial charge on any atom is 0.490 e. The second-order valence-corrected chi connectivity index (χ2v) is 8.24. The monoisotopic (exact) mass is 492 g/mol. The highest BCUT2D eigenvalue weighted by atomic mass is 19.4. The van der Waals surface area contributed by atoms with Crippen molar-refractivity contribution < 1.29 is 27.9 Å². The van der Waals surface area contributed by atoms with Crippen molar-refractivity contribution in [1.82, 2.24) is 24.6 Å². The van der Waals surface area contributed by atoms with Gasteiger partial charge in [0.25, 0.3) is 11.9 Å². The zero-order valence-corrected chi connectivity index (χ0v) is 20.2. The van der Waals surface area contributed by atoms with Gasteiger partial charge in [0.2, 0.25) is 0 Å². The van der Waals surface area contributed by atoms with E-state index in [1.807, 2.05) is 60.0 Å². The molecule has 2 aromatic heterocycles. The Bertz CT molecular complexity index is 1200. The molecule has 0 aliphatic carbocycles. The van der Waals surface area contributed by atoms with Crippen LogP contribution >= 0.6 is 0 Å². The molecule has 0 aliphatic rings. The fraction of sp³-hybridized carbons (Fsp3) is 0.348. The Balaban J connectivity index is 0.000000540. The number of halogens is 3. The van der Waals surface area contributed by atoms with Gasteiger partial charge < -0.3 is 15.3 Å². The van der Waals surface area contributed by atoms with Crippen molar-refractivity contribution in [1.29, 1.82) is 0 Å². The number of aryl methyl sites for hydroxylation is 4. The van der Waals surface area contributed by atoms with Crippen molar-refractivity contribution in [3.05, 3.63) is 64.2 Å². The first-order chi connectivity index (χ1) is 16.1. The lowest BCUT2D eigenvalue weighted by molar-refractivity contribution is -0.192. The van der Waals surface area contributed by atoms with Crippen LogP contribution in [0, 0.1) is 27.7 Å². The summed E-state index contributed by atoms with van der Waals surface area (Å²) >= 11 is 0. The second kappa shape index (κ2) is 11.1. The van der Waals surface area contributed by atoms with Crippen LogP contribution in [0.2, 0.25) is 0 Å². The third-order valence-electron chi connectivity index (χ3n) is 4.42. The molecule has 0 bridgehead atoms. The number of alkyl halides is 3. The number of carbonyl (C=O) groups is 2. The topological polar surface area (TPSA) is 113 Å². The zero-order chi connectivity index (χ0) is 26.5. The third-order valence-corrected chi connectivity index (χ3v) is 4.42. The Morgan fingerprint density at radius 1 is 1.00 bits per heavy atom. The van der Waals surface area contributed by atoms with Crippen LogP contribution in [0.15, 0.2) is 30.3 Å².